The van der Waals surface area contributed by atoms with Crippen molar-refractivity contribution in [2.75, 3.05) is 11.4 Å². The predicted molar refractivity (Wildman–Crippen MR) is 49.5 cm³/mol. The fourth-order valence-corrected chi connectivity index (χ4v) is 1.32. The van der Waals surface area contributed by atoms with Gasteiger partial charge in [0.05, 0.1) is 0 Å². The van der Waals surface area contributed by atoms with Crippen LogP contribution in [0.1, 0.15) is 0 Å². The normalized spacial score (nSPS) is 16.2. The number of aliphatic hydroxyl groups excluding tert-OH is 1. The third-order valence-electron chi connectivity index (χ3n) is 2.00. The summed E-state index contributed by atoms with van der Waals surface area (Å²) in [6, 6.07) is 9.28. The molecule has 3 heteroatoms. The van der Waals surface area contributed by atoms with Gasteiger partial charge in [0.25, 0.3) is 5.91 Å². The first-order valence-electron chi connectivity index (χ1n) is 4.05. The molecule has 1 aromatic rings. The van der Waals surface area contributed by atoms with E-state index in [0.29, 0.717) is 6.54 Å². The fourth-order valence-electron chi connectivity index (χ4n) is 1.32. The number of anilines is 1. The second kappa shape index (κ2) is 2.94. The first kappa shape index (κ1) is 7.86. The van der Waals surface area contributed by atoms with E-state index < -0.39 is 0 Å². The molecule has 0 bridgehead atoms. The topological polar surface area (TPSA) is 40.5 Å². The molecule has 0 unspecified atom stereocenters. The largest absolute Gasteiger partial charge is 0.503 e. The molecule has 1 aliphatic rings. The van der Waals surface area contributed by atoms with Gasteiger partial charge in [-0.05, 0) is 18.2 Å². The Morgan fingerprint density at radius 2 is 1.92 bits per heavy atom. The van der Waals surface area contributed by atoms with E-state index in [9.17, 15) is 4.79 Å². The van der Waals surface area contributed by atoms with Crippen LogP contribution in [0.2, 0.25) is 0 Å². The summed E-state index contributed by atoms with van der Waals surface area (Å²) < 4.78 is 0. The Bertz CT molecular complexity index is 356. The van der Waals surface area contributed by atoms with Gasteiger partial charge in [-0.1, -0.05) is 18.2 Å². The van der Waals surface area contributed by atoms with Gasteiger partial charge >= 0.3 is 0 Å². The molecule has 2 rings (SSSR count). The van der Waals surface area contributed by atoms with Gasteiger partial charge in [0, 0.05) is 12.2 Å². The molecule has 66 valence electrons. The Balaban J connectivity index is 2.27. The fraction of sp³-hybridized carbons (Fsp3) is 0.100. The first-order chi connectivity index (χ1) is 6.29. The Morgan fingerprint density at radius 3 is 2.46 bits per heavy atom. The van der Waals surface area contributed by atoms with E-state index in [-0.39, 0.29) is 11.7 Å². The van der Waals surface area contributed by atoms with Crippen LogP contribution in [0.25, 0.3) is 0 Å². The van der Waals surface area contributed by atoms with E-state index in [1.165, 1.54) is 11.0 Å². The van der Waals surface area contributed by atoms with Crippen molar-refractivity contribution in [3.8, 4) is 0 Å². The number of benzene rings is 1. The number of hydrogen-bond donors (Lipinski definition) is 1. The number of amides is 1. The van der Waals surface area contributed by atoms with E-state index in [4.69, 9.17) is 5.11 Å². The standard InChI is InChI=1S/C10H9NO2/c12-9-6-7-11(10(9)13)8-4-2-1-3-5-8/h1-6,12H,7H2. The van der Waals surface area contributed by atoms with Crippen molar-refractivity contribution in [2.45, 2.75) is 0 Å². The van der Waals surface area contributed by atoms with E-state index in [2.05, 4.69) is 0 Å². The molecule has 13 heavy (non-hydrogen) atoms. The Hall–Kier alpha value is -1.77. The lowest BCUT2D eigenvalue weighted by Gasteiger charge is -2.14. The lowest BCUT2D eigenvalue weighted by Crippen LogP contribution is -2.26. The molecule has 0 saturated heterocycles. The zero-order chi connectivity index (χ0) is 9.26. The SMILES string of the molecule is O=C1C(O)=CCN1c1ccccc1. The number of carbonyl (C=O) groups excluding carboxylic acids is 1. The summed E-state index contributed by atoms with van der Waals surface area (Å²) in [5, 5.41) is 9.10. The van der Waals surface area contributed by atoms with Crippen molar-refractivity contribution >= 4 is 11.6 Å². The van der Waals surface area contributed by atoms with Crippen LogP contribution in [-0.4, -0.2) is 17.6 Å². The predicted octanol–water partition coefficient (Wildman–Crippen LogP) is 1.48. The molecule has 0 spiro atoms. The Kier molecular flexibility index (Phi) is 1.77. The van der Waals surface area contributed by atoms with Crippen LogP contribution in [0.3, 0.4) is 0 Å². The summed E-state index contributed by atoms with van der Waals surface area (Å²) in [6.07, 6.45) is 1.51. The highest BCUT2D eigenvalue weighted by molar-refractivity contribution is 6.06. The van der Waals surface area contributed by atoms with Crippen molar-refractivity contribution in [3.63, 3.8) is 0 Å². The van der Waals surface area contributed by atoms with Crippen molar-refractivity contribution in [1.29, 1.82) is 0 Å². The molecular formula is C10H9NO2. The number of rotatable bonds is 1. The average molecular weight is 175 g/mol. The second-order valence-corrected chi connectivity index (χ2v) is 2.84. The highest BCUT2D eigenvalue weighted by Gasteiger charge is 2.23. The van der Waals surface area contributed by atoms with Crippen LogP contribution < -0.4 is 4.90 Å². The molecule has 0 aromatic heterocycles. The van der Waals surface area contributed by atoms with Gasteiger partial charge in [-0.3, -0.25) is 4.79 Å². The molecule has 0 radical (unpaired) electrons. The smallest absolute Gasteiger partial charge is 0.293 e. The highest BCUT2D eigenvalue weighted by Crippen LogP contribution is 2.19. The molecule has 1 amide bonds. The summed E-state index contributed by atoms with van der Waals surface area (Å²) >= 11 is 0. The highest BCUT2D eigenvalue weighted by atomic mass is 16.3. The molecule has 0 saturated carbocycles. The molecule has 0 fully saturated rings. The molecule has 0 atom stereocenters. The van der Waals surface area contributed by atoms with Crippen LogP contribution in [0.15, 0.2) is 42.2 Å². The van der Waals surface area contributed by atoms with Crippen LogP contribution in [0.5, 0.6) is 0 Å². The molecule has 3 nitrogen and oxygen atoms in total. The van der Waals surface area contributed by atoms with Gasteiger partial charge in [0.1, 0.15) is 0 Å². The van der Waals surface area contributed by atoms with E-state index in [1.807, 2.05) is 30.3 Å². The van der Waals surface area contributed by atoms with Crippen molar-refractivity contribution in [2.24, 2.45) is 0 Å². The van der Waals surface area contributed by atoms with Crippen LogP contribution in [0, 0.1) is 0 Å². The van der Waals surface area contributed by atoms with Crippen molar-refractivity contribution in [3.05, 3.63) is 42.2 Å². The number of hydrogen-bond acceptors (Lipinski definition) is 2. The van der Waals surface area contributed by atoms with E-state index in [1.54, 1.807) is 0 Å². The van der Waals surface area contributed by atoms with Crippen molar-refractivity contribution < 1.29 is 9.90 Å². The summed E-state index contributed by atoms with van der Waals surface area (Å²) in [7, 11) is 0. The quantitative estimate of drug-likeness (QED) is 0.702. The van der Waals surface area contributed by atoms with Crippen LogP contribution in [0.4, 0.5) is 5.69 Å². The Labute approximate surface area is 75.9 Å². The summed E-state index contributed by atoms with van der Waals surface area (Å²) in [5.41, 5.74) is 0.813. The van der Waals surface area contributed by atoms with Gasteiger partial charge < -0.3 is 10.0 Å². The van der Waals surface area contributed by atoms with Gasteiger partial charge in [-0.2, -0.15) is 0 Å². The summed E-state index contributed by atoms with van der Waals surface area (Å²) in [6.45, 7) is 0.453. The van der Waals surface area contributed by atoms with Crippen LogP contribution in [-0.2, 0) is 4.79 Å². The molecule has 0 aliphatic carbocycles. The van der Waals surface area contributed by atoms with Crippen molar-refractivity contribution in [1.82, 2.24) is 0 Å². The summed E-state index contributed by atoms with van der Waals surface area (Å²) in [5.74, 6) is -0.491. The molecule has 1 aliphatic heterocycles. The van der Waals surface area contributed by atoms with E-state index in [0.717, 1.165) is 5.69 Å². The number of para-hydroxylation sites is 1. The molecule has 1 heterocycles. The third kappa shape index (κ3) is 1.28. The monoisotopic (exact) mass is 175 g/mol. The minimum atomic E-state index is -0.328. The maximum absolute atomic E-state index is 11.3. The summed E-state index contributed by atoms with van der Waals surface area (Å²) in [4.78, 5) is 12.8. The maximum Gasteiger partial charge on any atom is 0.293 e. The average Bonchev–Trinajstić information content (AvgIpc) is 2.49. The Morgan fingerprint density at radius 1 is 1.23 bits per heavy atom. The minimum absolute atomic E-state index is 0.163. The van der Waals surface area contributed by atoms with E-state index >= 15 is 0 Å². The number of carbonyl (C=O) groups is 1. The molecular weight excluding hydrogens is 166 g/mol. The van der Waals surface area contributed by atoms with Gasteiger partial charge in [0.2, 0.25) is 0 Å². The molecule has 1 aromatic carbocycles. The number of nitrogens with zero attached hydrogens (tertiary/aromatic N) is 1. The second-order valence-electron chi connectivity index (χ2n) is 2.84. The third-order valence-corrected chi connectivity index (χ3v) is 2.00. The van der Waals surface area contributed by atoms with Gasteiger partial charge in [-0.15, -0.1) is 0 Å². The van der Waals surface area contributed by atoms with Gasteiger partial charge in [0.15, 0.2) is 5.76 Å². The van der Waals surface area contributed by atoms with Crippen LogP contribution >= 0.6 is 0 Å². The zero-order valence-corrected chi connectivity index (χ0v) is 6.97. The molecule has 1 N–H and O–H groups in total. The lowest BCUT2D eigenvalue weighted by atomic mass is 10.3. The minimum Gasteiger partial charge on any atom is -0.503 e. The number of aliphatic hydroxyl groups is 1. The first-order valence-corrected chi connectivity index (χ1v) is 4.05. The zero-order valence-electron chi connectivity index (χ0n) is 6.97. The van der Waals surface area contributed by atoms with Gasteiger partial charge in [-0.25, -0.2) is 0 Å². The lowest BCUT2D eigenvalue weighted by molar-refractivity contribution is -0.116. The maximum atomic E-state index is 11.3.